The minimum absolute atomic E-state index is 0.0477. The number of aryl methyl sites for hydroxylation is 1. The molecule has 0 saturated carbocycles. The van der Waals surface area contributed by atoms with E-state index < -0.39 is 40.1 Å². The Morgan fingerprint density at radius 2 is 1.47 bits per heavy atom. The second-order valence-corrected chi connectivity index (χ2v) is 13.3. The van der Waals surface area contributed by atoms with Crippen molar-refractivity contribution in [2.45, 2.75) is 70.0 Å². The van der Waals surface area contributed by atoms with E-state index in [1.807, 2.05) is 81.4 Å². The Balaban J connectivity index is 1.60. The third-order valence-corrected chi connectivity index (χ3v) is 9.00. The smallest absolute Gasteiger partial charge is 0.408 e. The summed E-state index contributed by atoms with van der Waals surface area (Å²) in [4.78, 5) is 38.1. The molecule has 0 aliphatic carbocycles. The van der Waals surface area contributed by atoms with Gasteiger partial charge in [0.25, 0.3) is 0 Å². The van der Waals surface area contributed by atoms with E-state index >= 15 is 0 Å². The first-order chi connectivity index (χ1) is 21.5. The molecule has 0 aliphatic rings. The fourth-order valence-corrected chi connectivity index (χ4v) is 6.53. The molecule has 0 spiro atoms. The highest BCUT2D eigenvalue weighted by molar-refractivity contribution is 7.89. The lowest BCUT2D eigenvalue weighted by Gasteiger charge is -2.29. The van der Waals surface area contributed by atoms with Gasteiger partial charge in [0, 0.05) is 19.5 Å². The van der Waals surface area contributed by atoms with Crippen molar-refractivity contribution in [1.29, 1.82) is 0 Å². The van der Waals surface area contributed by atoms with Crippen LogP contribution in [-0.4, -0.2) is 61.0 Å². The molecule has 45 heavy (non-hydrogen) atoms. The molecule has 0 radical (unpaired) electrons. The van der Waals surface area contributed by atoms with Gasteiger partial charge in [0.05, 0.1) is 4.90 Å². The fourth-order valence-electron chi connectivity index (χ4n) is 4.75. The van der Waals surface area contributed by atoms with Gasteiger partial charge in [0.1, 0.15) is 18.7 Å². The summed E-state index contributed by atoms with van der Waals surface area (Å²) in [6, 6.07) is 22.6. The SMILES string of the molecule is Cc1ccc(S(=O)(=O)N(CC(C)C)[C@@H](CCCCNC(=O)[C@H](Cc2ccccc2)NC(=O)OCc2ccccc2)C(=O)O)cc1. The minimum atomic E-state index is -4.06. The molecule has 3 rings (SSSR count). The number of nitrogens with one attached hydrogen (secondary N) is 2. The van der Waals surface area contributed by atoms with Gasteiger partial charge in [-0.15, -0.1) is 0 Å². The van der Waals surface area contributed by atoms with Crippen molar-refractivity contribution in [1.82, 2.24) is 14.9 Å². The van der Waals surface area contributed by atoms with Gasteiger partial charge < -0.3 is 20.5 Å². The average molecular weight is 638 g/mol. The Morgan fingerprint density at radius 3 is 2.04 bits per heavy atom. The lowest BCUT2D eigenvalue weighted by atomic mass is 10.1. The molecule has 0 aromatic heterocycles. The first-order valence-electron chi connectivity index (χ1n) is 15.1. The lowest BCUT2D eigenvalue weighted by Crippen LogP contribution is -2.48. The van der Waals surface area contributed by atoms with Crippen LogP contribution in [0.25, 0.3) is 0 Å². The maximum Gasteiger partial charge on any atom is 0.408 e. The highest BCUT2D eigenvalue weighted by Crippen LogP contribution is 2.23. The van der Waals surface area contributed by atoms with Gasteiger partial charge in [-0.3, -0.25) is 9.59 Å². The third-order valence-electron chi connectivity index (χ3n) is 7.11. The van der Waals surface area contributed by atoms with Crippen LogP contribution in [-0.2, 0) is 37.4 Å². The second kappa shape index (κ2) is 17.3. The van der Waals surface area contributed by atoms with Gasteiger partial charge in [-0.05, 0) is 55.4 Å². The molecule has 10 nitrogen and oxygen atoms in total. The summed E-state index contributed by atoms with van der Waals surface area (Å²) >= 11 is 0. The Labute approximate surface area is 265 Å². The summed E-state index contributed by atoms with van der Waals surface area (Å²) in [6.45, 7) is 5.85. The van der Waals surface area contributed by atoms with Crippen LogP contribution in [0.1, 0.15) is 49.8 Å². The van der Waals surface area contributed by atoms with Crippen LogP contribution in [0.15, 0.2) is 89.8 Å². The predicted molar refractivity (Wildman–Crippen MR) is 172 cm³/mol. The van der Waals surface area contributed by atoms with Crippen molar-refractivity contribution in [2.75, 3.05) is 13.1 Å². The molecule has 0 unspecified atom stereocenters. The van der Waals surface area contributed by atoms with Crippen LogP contribution in [0.2, 0.25) is 0 Å². The van der Waals surface area contributed by atoms with Crippen LogP contribution in [0.4, 0.5) is 4.79 Å². The van der Waals surface area contributed by atoms with Crippen LogP contribution >= 0.6 is 0 Å². The number of amides is 2. The molecule has 242 valence electrons. The van der Waals surface area contributed by atoms with Crippen molar-refractivity contribution in [3.05, 3.63) is 102 Å². The van der Waals surface area contributed by atoms with Crippen molar-refractivity contribution < 1.29 is 32.6 Å². The fraction of sp³-hybridized carbons (Fsp3) is 0.382. The van der Waals surface area contributed by atoms with Gasteiger partial charge in [-0.25, -0.2) is 13.2 Å². The first kappa shape index (κ1) is 35.3. The molecule has 0 heterocycles. The lowest BCUT2D eigenvalue weighted by molar-refractivity contribution is -0.142. The van der Waals surface area contributed by atoms with Gasteiger partial charge in [-0.2, -0.15) is 4.31 Å². The summed E-state index contributed by atoms with van der Waals surface area (Å²) in [6.07, 6.45) is 0.354. The number of rotatable bonds is 17. The largest absolute Gasteiger partial charge is 0.480 e. The summed E-state index contributed by atoms with van der Waals surface area (Å²) in [7, 11) is -4.06. The van der Waals surface area contributed by atoms with E-state index in [1.54, 1.807) is 12.1 Å². The summed E-state index contributed by atoms with van der Waals surface area (Å²) < 4.78 is 33.4. The number of hydrogen-bond acceptors (Lipinski definition) is 6. The van der Waals surface area contributed by atoms with Gasteiger partial charge in [-0.1, -0.05) is 92.2 Å². The molecule has 3 N–H and O–H groups in total. The number of carboxylic acid groups (broad SMARTS) is 1. The number of nitrogens with zero attached hydrogens (tertiary/aromatic N) is 1. The quantitative estimate of drug-likeness (QED) is 0.178. The summed E-state index contributed by atoms with van der Waals surface area (Å²) in [5.74, 6) is -1.73. The van der Waals surface area contributed by atoms with Crippen LogP contribution < -0.4 is 10.6 Å². The van der Waals surface area contributed by atoms with Crippen molar-refractivity contribution in [3.8, 4) is 0 Å². The number of benzene rings is 3. The van der Waals surface area contributed by atoms with Gasteiger partial charge in [0.2, 0.25) is 15.9 Å². The molecule has 3 aromatic carbocycles. The summed E-state index contributed by atoms with van der Waals surface area (Å²) in [5.41, 5.74) is 2.56. The van der Waals surface area contributed by atoms with E-state index in [1.165, 1.54) is 12.1 Å². The first-order valence-corrected chi connectivity index (χ1v) is 16.5. The number of unbranched alkanes of at least 4 members (excludes halogenated alkanes) is 1. The monoisotopic (exact) mass is 637 g/mol. The van der Waals surface area contributed by atoms with Crippen LogP contribution in [0, 0.1) is 12.8 Å². The van der Waals surface area contributed by atoms with Crippen molar-refractivity contribution >= 4 is 28.0 Å². The van der Waals surface area contributed by atoms with Crippen molar-refractivity contribution in [2.24, 2.45) is 5.92 Å². The van der Waals surface area contributed by atoms with E-state index in [0.717, 1.165) is 21.0 Å². The van der Waals surface area contributed by atoms with E-state index in [9.17, 15) is 27.9 Å². The second-order valence-electron chi connectivity index (χ2n) is 11.4. The normalized spacial score (nSPS) is 12.8. The van der Waals surface area contributed by atoms with E-state index in [2.05, 4.69) is 10.6 Å². The molecule has 0 bridgehead atoms. The predicted octanol–water partition coefficient (Wildman–Crippen LogP) is 4.92. The molecule has 3 aromatic rings. The molecule has 2 atom stereocenters. The average Bonchev–Trinajstić information content (AvgIpc) is 3.01. The Hall–Kier alpha value is -4.22. The summed E-state index contributed by atoms with van der Waals surface area (Å²) in [5, 5.41) is 15.5. The zero-order valence-corrected chi connectivity index (χ0v) is 26.8. The Morgan fingerprint density at radius 1 is 0.867 bits per heavy atom. The number of alkyl carbamates (subject to hydrolysis) is 1. The molecule has 0 fully saturated rings. The molecule has 2 amide bonds. The van der Waals surface area contributed by atoms with E-state index in [-0.39, 0.29) is 43.4 Å². The topological polar surface area (TPSA) is 142 Å². The number of sulfonamides is 1. The number of ether oxygens (including phenoxy) is 1. The van der Waals surface area contributed by atoms with Gasteiger partial charge >= 0.3 is 12.1 Å². The minimum Gasteiger partial charge on any atom is -0.480 e. The number of hydrogen-bond donors (Lipinski definition) is 3. The van der Waals surface area contributed by atoms with Gasteiger partial charge in [0.15, 0.2) is 0 Å². The number of carbonyl (C=O) groups excluding carboxylic acids is 2. The van der Waals surface area contributed by atoms with Crippen LogP contribution in [0.5, 0.6) is 0 Å². The molecular weight excluding hydrogens is 594 g/mol. The maximum atomic E-state index is 13.5. The number of carboxylic acids is 1. The Kier molecular flexibility index (Phi) is 13.6. The molecular formula is C34H43N3O7S. The zero-order chi connectivity index (χ0) is 32.8. The molecule has 0 aliphatic heterocycles. The number of carbonyl (C=O) groups is 3. The van der Waals surface area contributed by atoms with E-state index in [0.29, 0.717) is 12.8 Å². The van der Waals surface area contributed by atoms with Crippen LogP contribution in [0.3, 0.4) is 0 Å². The third kappa shape index (κ3) is 11.3. The van der Waals surface area contributed by atoms with Crippen molar-refractivity contribution in [3.63, 3.8) is 0 Å². The highest BCUT2D eigenvalue weighted by atomic mass is 32.2. The highest BCUT2D eigenvalue weighted by Gasteiger charge is 2.36. The maximum absolute atomic E-state index is 13.5. The zero-order valence-electron chi connectivity index (χ0n) is 26.0. The molecule has 11 heteroatoms. The standard InChI is InChI=1S/C34H43N3O7S/c1-25(2)23-37(45(42,43)29-19-17-26(3)18-20-29)31(33(39)40)16-10-11-21-35-32(38)30(22-27-12-6-4-7-13-27)36-34(41)44-24-28-14-8-5-9-15-28/h4-9,12-15,17-20,25,30-31H,10-11,16,21-24H2,1-3H3,(H,35,38)(H,36,41)(H,39,40)/t30-,31-/m0/s1. The Bertz CT molecular complexity index is 1480. The van der Waals surface area contributed by atoms with E-state index in [4.69, 9.17) is 4.74 Å². The number of aliphatic carboxylic acids is 1. The molecule has 0 saturated heterocycles.